The first kappa shape index (κ1) is 14.5. The Balaban J connectivity index is 4.96. The summed E-state index contributed by atoms with van der Waals surface area (Å²) in [5, 5.41) is 0. The Hall–Kier alpha value is 0.531. The molecule has 6 heteroatoms. The highest BCUT2D eigenvalue weighted by atomic mass is 28.5. The summed E-state index contributed by atoms with van der Waals surface area (Å²) in [6.45, 7) is 13.7. The van der Waals surface area contributed by atoms with Gasteiger partial charge in [-0.1, -0.05) is 13.1 Å². The molecule has 86 valence electrons. The van der Waals surface area contributed by atoms with Crippen molar-refractivity contribution in [2.45, 2.75) is 39.3 Å². The first-order valence-corrected chi connectivity index (χ1v) is 13.6. The van der Waals surface area contributed by atoms with E-state index in [0.717, 1.165) is 0 Å². The fraction of sp³-hybridized carbons (Fsp3) is 1.00. The number of hydrogen-bond acceptors (Lipinski definition) is 3. The molecule has 0 aliphatic rings. The van der Waals surface area contributed by atoms with Crippen LogP contribution in [-0.2, 0) is 8.85 Å². The van der Waals surface area contributed by atoms with Crippen LogP contribution in [0.2, 0.25) is 39.3 Å². The lowest BCUT2D eigenvalue weighted by molar-refractivity contribution is 0.339. The third-order valence-corrected chi connectivity index (χ3v) is 18.1. The lowest BCUT2D eigenvalue weighted by Crippen LogP contribution is -2.68. The van der Waals surface area contributed by atoms with Crippen molar-refractivity contribution in [2.75, 3.05) is 14.2 Å². The van der Waals surface area contributed by atoms with E-state index in [-0.39, 0.29) is 0 Å². The van der Waals surface area contributed by atoms with Crippen LogP contribution in [0, 0.1) is 0 Å². The maximum absolute atomic E-state index is 5.70. The standard InChI is InChI=1S/C8H25NO2Si3/c1-10-13(5,6)9(12(3)4)14(7,8)11-2/h12H,1-8H3. The molecular weight excluding hydrogens is 226 g/mol. The van der Waals surface area contributed by atoms with Gasteiger partial charge in [0.15, 0.2) is 0 Å². The van der Waals surface area contributed by atoms with Crippen molar-refractivity contribution in [1.29, 1.82) is 0 Å². The molecule has 0 aliphatic carbocycles. The highest BCUT2D eigenvalue weighted by Gasteiger charge is 2.44. The summed E-state index contributed by atoms with van der Waals surface area (Å²) in [6.07, 6.45) is 0. The molecule has 0 saturated heterocycles. The molecule has 0 unspecified atom stereocenters. The highest BCUT2D eigenvalue weighted by molar-refractivity contribution is 6.95. The third-order valence-electron chi connectivity index (χ3n) is 2.68. The molecule has 0 aromatic rings. The van der Waals surface area contributed by atoms with Gasteiger partial charge in [0.25, 0.3) is 17.0 Å². The average molecular weight is 252 g/mol. The SMILES string of the molecule is CO[Si](C)(C)N([SiH](C)C)[Si](C)(C)OC. The molecule has 0 bridgehead atoms. The third kappa shape index (κ3) is 3.28. The van der Waals surface area contributed by atoms with Gasteiger partial charge < -0.3 is 12.7 Å². The second kappa shape index (κ2) is 5.04. The maximum Gasteiger partial charge on any atom is 0.253 e. The van der Waals surface area contributed by atoms with E-state index in [2.05, 4.69) is 43.2 Å². The van der Waals surface area contributed by atoms with Crippen LogP contribution in [-0.4, -0.2) is 44.0 Å². The summed E-state index contributed by atoms with van der Waals surface area (Å²) < 4.78 is 14.0. The molecule has 0 amide bonds. The maximum atomic E-state index is 5.70. The molecule has 3 nitrogen and oxygen atoms in total. The Morgan fingerprint density at radius 1 is 0.857 bits per heavy atom. The van der Waals surface area contributed by atoms with Gasteiger partial charge in [-0.25, -0.2) is 0 Å². The van der Waals surface area contributed by atoms with E-state index in [9.17, 15) is 0 Å². The van der Waals surface area contributed by atoms with Crippen LogP contribution in [0.5, 0.6) is 0 Å². The molecule has 0 atom stereocenters. The summed E-state index contributed by atoms with van der Waals surface area (Å²) in [7, 11) is -0.594. The highest BCUT2D eigenvalue weighted by Crippen LogP contribution is 2.22. The van der Waals surface area contributed by atoms with Gasteiger partial charge in [0.2, 0.25) is 0 Å². The van der Waals surface area contributed by atoms with Crippen molar-refractivity contribution in [3.05, 3.63) is 0 Å². The Morgan fingerprint density at radius 2 is 1.14 bits per heavy atom. The van der Waals surface area contributed by atoms with E-state index in [1.807, 2.05) is 14.2 Å². The molecule has 0 N–H and O–H groups in total. The van der Waals surface area contributed by atoms with Gasteiger partial charge >= 0.3 is 0 Å². The van der Waals surface area contributed by atoms with Crippen LogP contribution in [0.4, 0.5) is 0 Å². The first-order valence-electron chi connectivity index (χ1n) is 5.08. The minimum absolute atomic E-state index is 0.864. The zero-order chi connectivity index (χ0) is 11.6. The zero-order valence-corrected chi connectivity index (χ0v) is 14.0. The molecule has 0 aromatic carbocycles. The van der Waals surface area contributed by atoms with E-state index in [0.29, 0.717) is 0 Å². The average Bonchev–Trinajstić information content (AvgIpc) is 2.02. The smallest absolute Gasteiger partial charge is 0.253 e. The molecule has 0 rings (SSSR count). The predicted octanol–water partition coefficient (Wildman–Crippen LogP) is 1.97. The molecule has 0 radical (unpaired) electrons. The molecule has 0 spiro atoms. The first-order chi connectivity index (χ1) is 6.19. The second-order valence-electron chi connectivity index (χ2n) is 4.77. The Bertz CT molecular complexity index is 169. The number of rotatable bonds is 5. The number of nitrogens with zero attached hydrogens (tertiary/aromatic N) is 1. The van der Waals surface area contributed by atoms with Gasteiger partial charge in [-0.3, -0.25) is 0 Å². The molecular formula is C8H25NO2Si3. The molecule has 0 aromatic heterocycles. The van der Waals surface area contributed by atoms with Crippen LogP contribution < -0.4 is 0 Å². The van der Waals surface area contributed by atoms with Gasteiger partial charge in [-0.15, -0.1) is 0 Å². The summed E-state index contributed by atoms with van der Waals surface area (Å²) in [4.78, 5) is 0. The van der Waals surface area contributed by atoms with Crippen LogP contribution in [0.25, 0.3) is 0 Å². The monoisotopic (exact) mass is 251 g/mol. The van der Waals surface area contributed by atoms with Gasteiger partial charge in [-0.2, -0.15) is 0 Å². The minimum Gasteiger partial charge on any atom is -0.407 e. The Kier molecular flexibility index (Phi) is 5.23. The summed E-state index contributed by atoms with van der Waals surface area (Å²) in [5.74, 6) is 0. The van der Waals surface area contributed by atoms with E-state index < -0.39 is 25.9 Å². The molecule has 14 heavy (non-hydrogen) atoms. The normalized spacial score (nSPS) is 14.1. The second-order valence-corrected chi connectivity index (χ2v) is 16.5. The molecule has 0 fully saturated rings. The topological polar surface area (TPSA) is 21.7 Å². The molecule has 0 saturated carbocycles. The summed E-state index contributed by atoms with van der Waals surface area (Å²) in [5.41, 5.74) is 0. The Labute approximate surface area is 92.5 Å². The van der Waals surface area contributed by atoms with Gasteiger partial charge in [0, 0.05) is 14.2 Å². The van der Waals surface area contributed by atoms with E-state index in [1.54, 1.807) is 0 Å². The summed E-state index contributed by atoms with van der Waals surface area (Å²) in [6, 6.07) is 0. The largest absolute Gasteiger partial charge is 0.407 e. The zero-order valence-electron chi connectivity index (χ0n) is 10.8. The van der Waals surface area contributed by atoms with Gasteiger partial charge in [0.1, 0.15) is 0 Å². The van der Waals surface area contributed by atoms with Crippen LogP contribution in [0.15, 0.2) is 0 Å². The van der Waals surface area contributed by atoms with Crippen LogP contribution in [0.3, 0.4) is 0 Å². The Morgan fingerprint density at radius 3 is 1.29 bits per heavy atom. The fourth-order valence-corrected chi connectivity index (χ4v) is 18.8. The van der Waals surface area contributed by atoms with E-state index >= 15 is 0 Å². The van der Waals surface area contributed by atoms with Crippen molar-refractivity contribution in [3.63, 3.8) is 0 Å². The fourth-order valence-electron chi connectivity index (χ4n) is 2.09. The molecule has 0 heterocycles. The van der Waals surface area contributed by atoms with Crippen molar-refractivity contribution in [1.82, 2.24) is 3.90 Å². The van der Waals surface area contributed by atoms with E-state index in [4.69, 9.17) is 8.85 Å². The predicted molar refractivity (Wildman–Crippen MR) is 69.7 cm³/mol. The van der Waals surface area contributed by atoms with Crippen molar-refractivity contribution in [3.8, 4) is 0 Å². The van der Waals surface area contributed by atoms with Gasteiger partial charge in [0.05, 0.1) is 8.96 Å². The molecule has 0 aliphatic heterocycles. The lowest BCUT2D eigenvalue weighted by Gasteiger charge is -2.46. The quantitative estimate of drug-likeness (QED) is 0.698. The van der Waals surface area contributed by atoms with Gasteiger partial charge in [-0.05, 0) is 26.2 Å². The van der Waals surface area contributed by atoms with E-state index in [1.165, 1.54) is 0 Å². The van der Waals surface area contributed by atoms with Crippen molar-refractivity contribution >= 4 is 25.9 Å². The number of hydrogen-bond donors (Lipinski definition) is 0. The lowest BCUT2D eigenvalue weighted by atomic mass is 11.8. The van der Waals surface area contributed by atoms with Crippen LogP contribution >= 0.6 is 0 Å². The van der Waals surface area contributed by atoms with Crippen molar-refractivity contribution < 1.29 is 8.85 Å². The van der Waals surface area contributed by atoms with Crippen molar-refractivity contribution in [2.24, 2.45) is 0 Å². The summed E-state index contributed by atoms with van der Waals surface area (Å²) >= 11 is 0. The minimum atomic E-state index is -1.69. The van der Waals surface area contributed by atoms with Crippen LogP contribution in [0.1, 0.15) is 0 Å².